The molecule has 15 heavy (non-hydrogen) atoms. The van der Waals surface area contributed by atoms with E-state index >= 15 is 0 Å². The largest absolute Gasteiger partial charge is 0.314 e. The van der Waals surface area contributed by atoms with Gasteiger partial charge >= 0.3 is 0 Å². The summed E-state index contributed by atoms with van der Waals surface area (Å²) in [5.74, 6) is 0. The van der Waals surface area contributed by atoms with Crippen molar-refractivity contribution in [2.24, 2.45) is 0 Å². The first kappa shape index (κ1) is 11.0. The van der Waals surface area contributed by atoms with Gasteiger partial charge in [-0.2, -0.15) is 0 Å². The Labute approximate surface area is 95.5 Å². The fraction of sp³-hybridized carbons (Fsp3) is 0.727. The SMILES string of the molecule is CCNC1CCN(Cc2nccs2)CC1. The van der Waals surface area contributed by atoms with Crippen molar-refractivity contribution in [2.45, 2.75) is 32.4 Å². The molecule has 1 aliphatic rings. The van der Waals surface area contributed by atoms with E-state index in [0.717, 1.165) is 19.1 Å². The highest BCUT2D eigenvalue weighted by molar-refractivity contribution is 7.09. The van der Waals surface area contributed by atoms with Crippen molar-refractivity contribution in [2.75, 3.05) is 19.6 Å². The van der Waals surface area contributed by atoms with Gasteiger partial charge in [0.25, 0.3) is 0 Å². The molecule has 1 aromatic rings. The van der Waals surface area contributed by atoms with Gasteiger partial charge in [-0.1, -0.05) is 6.92 Å². The van der Waals surface area contributed by atoms with Crippen LogP contribution in [0.1, 0.15) is 24.8 Å². The van der Waals surface area contributed by atoms with Crippen LogP contribution in [0.4, 0.5) is 0 Å². The fourth-order valence-electron chi connectivity index (χ4n) is 2.11. The van der Waals surface area contributed by atoms with E-state index in [0.29, 0.717) is 0 Å². The number of aromatic nitrogens is 1. The molecule has 0 bridgehead atoms. The lowest BCUT2D eigenvalue weighted by Crippen LogP contribution is -2.41. The zero-order valence-corrected chi connectivity index (χ0v) is 10.1. The Morgan fingerprint density at radius 1 is 1.53 bits per heavy atom. The third-order valence-corrected chi connectivity index (χ3v) is 3.69. The van der Waals surface area contributed by atoms with Gasteiger partial charge < -0.3 is 5.32 Å². The average molecular weight is 225 g/mol. The molecule has 2 rings (SSSR count). The quantitative estimate of drug-likeness (QED) is 0.845. The highest BCUT2D eigenvalue weighted by atomic mass is 32.1. The van der Waals surface area contributed by atoms with Crippen LogP contribution in [0.25, 0.3) is 0 Å². The minimum absolute atomic E-state index is 0.738. The second-order valence-electron chi connectivity index (χ2n) is 4.03. The molecule has 0 aromatic carbocycles. The molecule has 1 fully saturated rings. The lowest BCUT2D eigenvalue weighted by molar-refractivity contribution is 0.191. The van der Waals surface area contributed by atoms with Gasteiger partial charge in [0, 0.05) is 30.7 Å². The third kappa shape index (κ3) is 3.26. The van der Waals surface area contributed by atoms with Crippen LogP contribution in [0, 0.1) is 0 Å². The molecule has 1 aliphatic heterocycles. The van der Waals surface area contributed by atoms with Crippen molar-refractivity contribution in [3.63, 3.8) is 0 Å². The third-order valence-electron chi connectivity index (χ3n) is 2.92. The molecule has 2 heterocycles. The molecule has 1 N–H and O–H groups in total. The number of hydrogen-bond donors (Lipinski definition) is 1. The van der Waals surface area contributed by atoms with Gasteiger partial charge in [-0.15, -0.1) is 11.3 Å². The molecule has 0 aliphatic carbocycles. The highest BCUT2D eigenvalue weighted by Crippen LogP contribution is 2.14. The zero-order chi connectivity index (χ0) is 10.5. The van der Waals surface area contributed by atoms with Crippen LogP contribution in [0.15, 0.2) is 11.6 Å². The van der Waals surface area contributed by atoms with Gasteiger partial charge in [0.05, 0.1) is 6.54 Å². The molecular weight excluding hydrogens is 206 g/mol. The van der Waals surface area contributed by atoms with Gasteiger partial charge in [0.1, 0.15) is 5.01 Å². The van der Waals surface area contributed by atoms with Gasteiger partial charge in [0.2, 0.25) is 0 Å². The molecular formula is C11H19N3S. The molecule has 0 spiro atoms. The van der Waals surface area contributed by atoms with E-state index < -0.39 is 0 Å². The van der Waals surface area contributed by atoms with Crippen LogP contribution in [-0.4, -0.2) is 35.6 Å². The first-order valence-corrected chi connectivity index (χ1v) is 6.60. The summed E-state index contributed by atoms with van der Waals surface area (Å²) in [5.41, 5.74) is 0. The van der Waals surface area contributed by atoms with Crippen molar-refractivity contribution in [1.82, 2.24) is 15.2 Å². The molecule has 4 heteroatoms. The van der Waals surface area contributed by atoms with E-state index in [-0.39, 0.29) is 0 Å². The average Bonchev–Trinajstić information content (AvgIpc) is 2.74. The van der Waals surface area contributed by atoms with E-state index in [1.165, 1.54) is 30.9 Å². The van der Waals surface area contributed by atoms with Crippen LogP contribution >= 0.6 is 11.3 Å². The number of nitrogens with zero attached hydrogens (tertiary/aromatic N) is 2. The summed E-state index contributed by atoms with van der Waals surface area (Å²) >= 11 is 1.76. The smallest absolute Gasteiger partial charge is 0.107 e. The van der Waals surface area contributed by atoms with Gasteiger partial charge in [0.15, 0.2) is 0 Å². The predicted octanol–water partition coefficient (Wildman–Crippen LogP) is 1.72. The number of piperidine rings is 1. The normalized spacial score (nSPS) is 19.5. The Morgan fingerprint density at radius 3 is 2.93 bits per heavy atom. The number of rotatable bonds is 4. The Bertz CT molecular complexity index is 265. The molecule has 84 valence electrons. The number of likely N-dealkylation sites (tertiary alicyclic amines) is 1. The second kappa shape index (κ2) is 5.58. The number of nitrogens with one attached hydrogen (secondary N) is 1. The van der Waals surface area contributed by atoms with Crippen LogP contribution in [-0.2, 0) is 6.54 Å². The van der Waals surface area contributed by atoms with Crippen molar-refractivity contribution < 1.29 is 0 Å². The lowest BCUT2D eigenvalue weighted by atomic mass is 10.1. The summed E-state index contributed by atoms with van der Waals surface area (Å²) < 4.78 is 0. The predicted molar refractivity (Wildman–Crippen MR) is 64.1 cm³/mol. The van der Waals surface area contributed by atoms with E-state index in [1.54, 1.807) is 11.3 Å². The van der Waals surface area contributed by atoms with Gasteiger partial charge in [-0.25, -0.2) is 4.98 Å². The first-order chi connectivity index (χ1) is 7.38. The zero-order valence-electron chi connectivity index (χ0n) is 9.28. The van der Waals surface area contributed by atoms with E-state index in [2.05, 4.69) is 27.5 Å². The lowest BCUT2D eigenvalue weighted by Gasteiger charge is -2.31. The highest BCUT2D eigenvalue weighted by Gasteiger charge is 2.18. The molecule has 0 atom stereocenters. The van der Waals surface area contributed by atoms with Crippen molar-refractivity contribution in [3.05, 3.63) is 16.6 Å². The summed E-state index contributed by atoms with van der Waals surface area (Å²) in [6.45, 7) is 6.73. The van der Waals surface area contributed by atoms with Crippen LogP contribution in [0.2, 0.25) is 0 Å². The Morgan fingerprint density at radius 2 is 2.33 bits per heavy atom. The molecule has 0 amide bonds. The minimum atomic E-state index is 0.738. The molecule has 0 unspecified atom stereocenters. The molecule has 0 radical (unpaired) electrons. The van der Waals surface area contributed by atoms with Crippen molar-refractivity contribution in [3.8, 4) is 0 Å². The van der Waals surface area contributed by atoms with Crippen LogP contribution in [0.5, 0.6) is 0 Å². The van der Waals surface area contributed by atoms with E-state index in [1.807, 2.05) is 6.20 Å². The van der Waals surface area contributed by atoms with Crippen LogP contribution in [0.3, 0.4) is 0 Å². The Hall–Kier alpha value is -0.450. The van der Waals surface area contributed by atoms with Crippen molar-refractivity contribution in [1.29, 1.82) is 0 Å². The summed E-state index contributed by atoms with van der Waals surface area (Å²) in [7, 11) is 0. The van der Waals surface area contributed by atoms with Crippen LogP contribution < -0.4 is 5.32 Å². The Kier molecular flexibility index (Phi) is 4.11. The molecule has 1 saturated heterocycles. The van der Waals surface area contributed by atoms with Crippen molar-refractivity contribution >= 4 is 11.3 Å². The topological polar surface area (TPSA) is 28.2 Å². The standard InChI is InChI=1S/C11H19N3S/c1-2-12-10-3-6-14(7-4-10)9-11-13-5-8-15-11/h5,8,10,12H,2-4,6-7,9H2,1H3. The van der Waals surface area contributed by atoms with E-state index in [4.69, 9.17) is 0 Å². The molecule has 0 saturated carbocycles. The maximum Gasteiger partial charge on any atom is 0.107 e. The number of thiazole rings is 1. The molecule has 1 aromatic heterocycles. The monoisotopic (exact) mass is 225 g/mol. The van der Waals surface area contributed by atoms with E-state index in [9.17, 15) is 0 Å². The second-order valence-corrected chi connectivity index (χ2v) is 5.01. The summed E-state index contributed by atoms with van der Waals surface area (Å²) in [6.07, 6.45) is 4.45. The minimum Gasteiger partial charge on any atom is -0.314 e. The van der Waals surface area contributed by atoms with Gasteiger partial charge in [-0.3, -0.25) is 4.90 Å². The first-order valence-electron chi connectivity index (χ1n) is 5.72. The molecule has 3 nitrogen and oxygen atoms in total. The summed E-state index contributed by atoms with van der Waals surface area (Å²) in [5, 5.41) is 6.83. The fourth-order valence-corrected chi connectivity index (χ4v) is 2.76. The maximum absolute atomic E-state index is 4.33. The summed E-state index contributed by atoms with van der Waals surface area (Å²) in [4.78, 5) is 6.83. The Balaban J connectivity index is 1.74. The number of hydrogen-bond acceptors (Lipinski definition) is 4. The summed E-state index contributed by atoms with van der Waals surface area (Å²) in [6, 6.07) is 0.738. The maximum atomic E-state index is 4.33. The van der Waals surface area contributed by atoms with Gasteiger partial charge in [-0.05, 0) is 19.4 Å².